The Kier molecular flexibility index (Phi) is 6.07. The minimum Gasteiger partial charge on any atom is -0.467 e. The van der Waals surface area contributed by atoms with Gasteiger partial charge in [-0.05, 0) is 12.1 Å². The van der Waals surface area contributed by atoms with Crippen LogP contribution in [-0.2, 0) is 27.7 Å². The summed E-state index contributed by atoms with van der Waals surface area (Å²) in [6.07, 6.45) is -0.130. The molecule has 1 aliphatic heterocycles. The van der Waals surface area contributed by atoms with Gasteiger partial charge in [-0.3, -0.25) is 28.1 Å². The van der Waals surface area contributed by atoms with E-state index in [1.165, 1.54) is 12.1 Å². The van der Waals surface area contributed by atoms with Crippen LogP contribution in [0.4, 0.5) is 0 Å². The molecule has 1 aromatic rings. The van der Waals surface area contributed by atoms with Crippen LogP contribution in [0, 0.1) is 0 Å². The van der Waals surface area contributed by atoms with Crippen molar-refractivity contribution in [2.45, 2.75) is 12.5 Å². The van der Waals surface area contributed by atoms with Crippen molar-refractivity contribution in [3.05, 3.63) is 35.4 Å². The number of methoxy groups -OCH3 is 1. The third kappa shape index (κ3) is 3.80. The number of carbonyl (C=O) groups excluding carboxylic acids is 3. The quantitative estimate of drug-likeness (QED) is 0.385. The van der Waals surface area contributed by atoms with Crippen LogP contribution >= 0.6 is 7.82 Å². The number of imide groups is 1. The lowest BCUT2D eigenvalue weighted by Gasteiger charge is -2.24. The van der Waals surface area contributed by atoms with Gasteiger partial charge < -0.3 is 4.74 Å². The van der Waals surface area contributed by atoms with E-state index in [-0.39, 0.29) is 24.2 Å². The Morgan fingerprint density at radius 2 is 1.60 bits per heavy atom. The van der Waals surface area contributed by atoms with E-state index in [1.54, 1.807) is 12.1 Å². The number of esters is 1. The molecular weight excluding hydrogens is 353 g/mol. The predicted octanol–water partition coefficient (Wildman–Crippen LogP) is 1.63. The molecule has 9 nitrogen and oxygen atoms in total. The summed E-state index contributed by atoms with van der Waals surface area (Å²) >= 11 is 0. The maximum Gasteiger partial charge on any atom is 0.474 e. The van der Waals surface area contributed by atoms with Gasteiger partial charge >= 0.3 is 13.8 Å². The van der Waals surface area contributed by atoms with E-state index < -0.39 is 31.6 Å². The standard InChI is InChI=1S/C15H18NO8P/c1-21-15(19)12(8-9-24-25(20,22-2)23-3)16-13(17)10-6-4-5-7-11(10)14(16)18/h4-7,12H,8-9H2,1-3H3. The zero-order valence-corrected chi connectivity index (χ0v) is 14.9. The first-order chi connectivity index (χ1) is 11.9. The van der Waals surface area contributed by atoms with E-state index in [9.17, 15) is 18.9 Å². The van der Waals surface area contributed by atoms with Crippen LogP contribution in [-0.4, -0.2) is 56.7 Å². The first-order valence-corrected chi connectivity index (χ1v) is 8.75. The molecule has 1 aromatic carbocycles. The third-order valence-electron chi connectivity index (χ3n) is 3.70. The molecule has 10 heteroatoms. The Balaban J connectivity index is 2.19. The second-order valence-corrected chi connectivity index (χ2v) is 6.88. The van der Waals surface area contributed by atoms with Gasteiger partial charge in [0.2, 0.25) is 0 Å². The van der Waals surface area contributed by atoms with E-state index in [0.717, 1.165) is 26.2 Å². The average Bonchev–Trinajstić information content (AvgIpc) is 2.89. The van der Waals surface area contributed by atoms with Gasteiger partial charge in [0.15, 0.2) is 0 Å². The number of nitrogens with zero attached hydrogens (tertiary/aromatic N) is 1. The van der Waals surface area contributed by atoms with Crippen molar-refractivity contribution >= 4 is 25.6 Å². The average molecular weight is 371 g/mol. The molecule has 0 bridgehead atoms. The number of benzene rings is 1. The fourth-order valence-corrected chi connectivity index (χ4v) is 3.12. The van der Waals surface area contributed by atoms with Crippen molar-refractivity contribution < 1.29 is 37.3 Å². The van der Waals surface area contributed by atoms with E-state index in [1.807, 2.05) is 0 Å². The second-order valence-electron chi connectivity index (χ2n) is 5.00. The van der Waals surface area contributed by atoms with E-state index in [0.29, 0.717) is 0 Å². The van der Waals surface area contributed by atoms with Gasteiger partial charge in [0.25, 0.3) is 11.8 Å². The molecule has 0 aromatic heterocycles. The zero-order chi connectivity index (χ0) is 18.6. The van der Waals surface area contributed by atoms with Crippen molar-refractivity contribution in [1.29, 1.82) is 0 Å². The first kappa shape index (κ1) is 19.3. The number of phosphoric ester groups is 1. The number of phosphoric acid groups is 1. The summed E-state index contributed by atoms with van der Waals surface area (Å²) in [5, 5.41) is 0. The first-order valence-electron chi connectivity index (χ1n) is 7.29. The van der Waals surface area contributed by atoms with Crippen LogP contribution in [0.5, 0.6) is 0 Å². The van der Waals surface area contributed by atoms with Crippen molar-refractivity contribution in [2.24, 2.45) is 0 Å². The van der Waals surface area contributed by atoms with Gasteiger partial charge in [-0.1, -0.05) is 12.1 Å². The normalized spacial score (nSPS) is 15.2. The summed E-state index contributed by atoms with van der Waals surface area (Å²) in [6, 6.07) is 5.03. The van der Waals surface area contributed by atoms with Gasteiger partial charge in [0.1, 0.15) is 6.04 Å². The lowest BCUT2D eigenvalue weighted by molar-refractivity contribution is -0.145. The molecule has 0 N–H and O–H groups in total. The lowest BCUT2D eigenvalue weighted by atomic mass is 10.1. The van der Waals surface area contributed by atoms with Gasteiger partial charge in [-0.15, -0.1) is 0 Å². The molecule has 0 radical (unpaired) electrons. The van der Waals surface area contributed by atoms with Gasteiger partial charge in [0, 0.05) is 20.6 Å². The number of ether oxygens (including phenoxy) is 1. The van der Waals surface area contributed by atoms with Crippen LogP contribution in [0.3, 0.4) is 0 Å². The van der Waals surface area contributed by atoms with E-state index in [2.05, 4.69) is 13.8 Å². The molecule has 2 amide bonds. The Labute approximate surface area is 144 Å². The van der Waals surface area contributed by atoms with Crippen LogP contribution in [0.2, 0.25) is 0 Å². The Morgan fingerprint density at radius 1 is 1.08 bits per heavy atom. The van der Waals surface area contributed by atoms with Crippen LogP contribution in [0.25, 0.3) is 0 Å². The van der Waals surface area contributed by atoms with Crippen molar-refractivity contribution in [1.82, 2.24) is 4.90 Å². The smallest absolute Gasteiger partial charge is 0.467 e. The Hall–Kier alpha value is -2.06. The molecule has 0 aliphatic carbocycles. The summed E-state index contributed by atoms with van der Waals surface area (Å²) in [7, 11) is -0.305. The van der Waals surface area contributed by atoms with Gasteiger partial charge in [-0.25, -0.2) is 9.36 Å². The molecule has 25 heavy (non-hydrogen) atoms. The van der Waals surface area contributed by atoms with Crippen molar-refractivity contribution in [3.63, 3.8) is 0 Å². The van der Waals surface area contributed by atoms with E-state index >= 15 is 0 Å². The summed E-state index contributed by atoms with van der Waals surface area (Å²) in [5.74, 6) is -1.99. The molecule has 1 heterocycles. The highest BCUT2D eigenvalue weighted by molar-refractivity contribution is 7.48. The molecule has 136 valence electrons. The number of hydrogen-bond acceptors (Lipinski definition) is 8. The fourth-order valence-electron chi connectivity index (χ4n) is 2.44. The molecule has 0 spiro atoms. The highest BCUT2D eigenvalue weighted by Crippen LogP contribution is 2.47. The fraction of sp³-hybridized carbons (Fsp3) is 0.400. The molecule has 0 saturated carbocycles. The minimum atomic E-state index is -3.74. The monoisotopic (exact) mass is 371 g/mol. The summed E-state index contributed by atoms with van der Waals surface area (Å²) in [4.78, 5) is 37.9. The van der Waals surface area contributed by atoms with Crippen LogP contribution < -0.4 is 0 Å². The highest BCUT2D eigenvalue weighted by Gasteiger charge is 2.43. The second kappa shape index (κ2) is 7.88. The summed E-state index contributed by atoms with van der Waals surface area (Å²) < 4.78 is 30.8. The summed E-state index contributed by atoms with van der Waals surface area (Å²) in [5.41, 5.74) is 0.420. The Morgan fingerprint density at radius 3 is 2.04 bits per heavy atom. The topological polar surface area (TPSA) is 108 Å². The molecule has 1 atom stereocenters. The molecule has 0 fully saturated rings. The molecule has 0 saturated heterocycles. The molecule has 1 aliphatic rings. The Bertz CT molecular complexity index is 691. The van der Waals surface area contributed by atoms with Gasteiger partial charge in [0.05, 0.1) is 24.8 Å². The highest BCUT2D eigenvalue weighted by atomic mass is 31.2. The number of rotatable bonds is 8. The van der Waals surface area contributed by atoms with Gasteiger partial charge in [-0.2, -0.15) is 0 Å². The lowest BCUT2D eigenvalue weighted by Crippen LogP contribution is -2.46. The largest absolute Gasteiger partial charge is 0.474 e. The molecule has 1 unspecified atom stereocenters. The summed E-state index contributed by atoms with van der Waals surface area (Å²) in [6.45, 7) is -0.258. The number of fused-ring (bicyclic) bond motifs is 1. The predicted molar refractivity (Wildman–Crippen MR) is 84.9 cm³/mol. The SMILES string of the molecule is COC(=O)C(CCOP(=O)(OC)OC)N1C(=O)c2ccccc2C1=O. The van der Waals surface area contributed by atoms with Crippen molar-refractivity contribution in [3.8, 4) is 0 Å². The number of amides is 2. The number of hydrogen-bond donors (Lipinski definition) is 0. The van der Waals surface area contributed by atoms with E-state index in [4.69, 9.17) is 4.52 Å². The molecule has 2 rings (SSSR count). The molecular formula is C15H18NO8P. The third-order valence-corrected chi connectivity index (χ3v) is 5.09. The van der Waals surface area contributed by atoms with Crippen LogP contribution in [0.15, 0.2) is 24.3 Å². The van der Waals surface area contributed by atoms with Crippen molar-refractivity contribution in [2.75, 3.05) is 27.9 Å². The maximum absolute atomic E-state index is 12.5. The number of carbonyl (C=O) groups is 3. The zero-order valence-electron chi connectivity index (χ0n) is 14.0. The van der Waals surface area contributed by atoms with Crippen LogP contribution in [0.1, 0.15) is 27.1 Å². The maximum atomic E-state index is 12.5. The minimum absolute atomic E-state index is 0.130.